The number of benzene rings is 15. The molecule has 16 rings (SSSR count). The summed E-state index contributed by atoms with van der Waals surface area (Å²) in [6.45, 7) is 0. The molecule has 0 heterocycles. The molecule has 0 atom stereocenters. The first-order chi connectivity index (χ1) is 45.1. The van der Waals surface area contributed by atoms with Crippen LogP contribution in [0.4, 0.5) is 0 Å². The van der Waals surface area contributed by atoms with E-state index in [9.17, 15) is 0 Å². The van der Waals surface area contributed by atoms with Crippen LogP contribution in [0, 0.1) is 0 Å². The third-order valence-corrected chi connectivity index (χ3v) is 18.5. The van der Waals surface area contributed by atoms with Gasteiger partial charge in [-0.25, -0.2) is 0 Å². The van der Waals surface area contributed by atoms with Gasteiger partial charge in [0, 0.05) is 0 Å². The Kier molecular flexibility index (Phi) is 14.3. The molecule has 0 aromatic heterocycles. The summed E-state index contributed by atoms with van der Waals surface area (Å²) in [5.74, 6) is 0. The van der Waals surface area contributed by atoms with E-state index in [0.717, 1.165) is 33.4 Å². The molecule has 0 amide bonds. The van der Waals surface area contributed by atoms with Gasteiger partial charge in [0.1, 0.15) is 0 Å². The van der Waals surface area contributed by atoms with Crippen LogP contribution in [0.15, 0.2) is 376 Å². The summed E-state index contributed by atoms with van der Waals surface area (Å²) in [5, 5.41) is 0. The fourth-order valence-corrected chi connectivity index (χ4v) is 14.1. The standard InChI is InChI=1S/C91H62/c1-7-25-63(26-8-1)69-37-21-44-77(53-69)86-47-24-48-88-90(86)87-50-49-76(64-27-9-2-10-28-64)62-89(87)91(88,84-45-22-42-74(60-84)70-38-19-40-72(51-70)82-56-78(65-29-11-3-12-30-65)54-79(57-82)66-31-13-4-14-32-66)85-46-23-43-75(61-85)71-39-20-41-73(52-71)83-58-80(67-33-15-5-16-34-67)55-81(59-83)68-35-17-6-18-36-68/h1-62H. The van der Waals surface area contributed by atoms with Crippen molar-refractivity contribution < 1.29 is 0 Å². The molecule has 15 aromatic carbocycles. The lowest BCUT2D eigenvalue weighted by molar-refractivity contribution is 0.769. The van der Waals surface area contributed by atoms with Gasteiger partial charge >= 0.3 is 0 Å². The van der Waals surface area contributed by atoms with Crippen LogP contribution in [-0.2, 0) is 5.41 Å². The largest absolute Gasteiger partial charge is 0.0714 e. The summed E-state index contributed by atoms with van der Waals surface area (Å²) in [6, 6.07) is 139. The summed E-state index contributed by atoms with van der Waals surface area (Å²) >= 11 is 0. The first-order valence-corrected chi connectivity index (χ1v) is 31.5. The predicted molar refractivity (Wildman–Crippen MR) is 384 cm³/mol. The molecule has 0 unspecified atom stereocenters. The van der Waals surface area contributed by atoms with Crippen molar-refractivity contribution in [2.45, 2.75) is 5.41 Å². The molecule has 0 saturated carbocycles. The monoisotopic (exact) mass is 1150 g/mol. The lowest BCUT2D eigenvalue weighted by Crippen LogP contribution is -2.28. The van der Waals surface area contributed by atoms with Crippen molar-refractivity contribution in [1.82, 2.24) is 0 Å². The Balaban J connectivity index is 0.905. The van der Waals surface area contributed by atoms with Crippen molar-refractivity contribution in [3.63, 3.8) is 0 Å². The second kappa shape index (κ2) is 23.8. The van der Waals surface area contributed by atoms with Crippen LogP contribution in [0.5, 0.6) is 0 Å². The van der Waals surface area contributed by atoms with Crippen LogP contribution in [0.1, 0.15) is 22.3 Å². The van der Waals surface area contributed by atoms with Crippen molar-refractivity contribution in [2.75, 3.05) is 0 Å². The number of fused-ring (bicyclic) bond motifs is 3. The van der Waals surface area contributed by atoms with Crippen LogP contribution in [0.25, 0.3) is 134 Å². The zero-order chi connectivity index (χ0) is 60.5. The van der Waals surface area contributed by atoms with E-state index in [1.807, 2.05) is 0 Å². The molecule has 0 fully saturated rings. The second-order valence-electron chi connectivity index (χ2n) is 23.9. The quantitative estimate of drug-likeness (QED) is 0.108. The highest BCUT2D eigenvalue weighted by Gasteiger charge is 2.47. The molecule has 0 spiro atoms. The van der Waals surface area contributed by atoms with Gasteiger partial charge in [-0.05, 0) is 229 Å². The highest BCUT2D eigenvalue weighted by molar-refractivity contribution is 5.98. The van der Waals surface area contributed by atoms with Gasteiger partial charge < -0.3 is 0 Å². The minimum atomic E-state index is -0.785. The van der Waals surface area contributed by atoms with Crippen LogP contribution in [0.3, 0.4) is 0 Å². The Bertz CT molecular complexity index is 4790. The lowest BCUT2D eigenvalue weighted by Gasteiger charge is -2.35. The zero-order valence-corrected chi connectivity index (χ0v) is 50.3. The Morgan fingerprint density at radius 3 is 0.769 bits per heavy atom. The van der Waals surface area contributed by atoms with Gasteiger partial charge in [0.2, 0.25) is 0 Å². The average Bonchev–Trinajstić information content (AvgIpc) is 1.54. The van der Waals surface area contributed by atoms with Gasteiger partial charge in [-0.3, -0.25) is 0 Å². The molecule has 0 aliphatic heterocycles. The van der Waals surface area contributed by atoms with Gasteiger partial charge in [0.25, 0.3) is 0 Å². The van der Waals surface area contributed by atoms with Crippen LogP contribution in [-0.4, -0.2) is 0 Å². The van der Waals surface area contributed by atoms with Crippen LogP contribution < -0.4 is 0 Å². The molecule has 91 heavy (non-hydrogen) atoms. The van der Waals surface area contributed by atoms with E-state index >= 15 is 0 Å². The molecule has 0 nitrogen and oxygen atoms in total. The lowest BCUT2D eigenvalue weighted by atomic mass is 9.66. The van der Waals surface area contributed by atoms with Crippen molar-refractivity contribution in [1.29, 1.82) is 0 Å². The Morgan fingerprint density at radius 2 is 0.385 bits per heavy atom. The third kappa shape index (κ3) is 10.4. The topological polar surface area (TPSA) is 0 Å². The first kappa shape index (κ1) is 54.7. The maximum absolute atomic E-state index is 2.50. The fourth-order valence-electron chi connectivity index (χ4n) is 14.1. The maximum atomic E-state index is 2.50. The van der Waals surface area contributed by atoms with E-state index < -0.39 is 5.41 Å². The molecule has 0 saturated heterocycles. The highest BCUT2D eigenvalue weighted by Crippen LogP contribution is 2.60. The molecular formula is C91H62. The average molecular weight is 1160 g/mol. The van der Waals surface area contributed by atoms with Gasteiger partial charge in [-0.1, -0.05) is 303 Å². The minimum absolute atomic E-state index is 0.785. The second-order valence-corrected chi connectivity index (χ2v) is 23.9. The Morgan fingerprint density at radius 1 is 0.132 bits per heavy atom. The fraction of sp³-hybridized carbons (Fsp3) is 0.0110. The molecule has 0 radical (unpaired) electrons. The molecular weight excluding hydrogens is 1090 g/mol. The van der Waals surface area contributed by atoms with E-state index in [-0.39, 0.29) is 0 Å². The summed E-state index contributed by atoms with van der Waals surface area (Å²) in [4.78, 5) is 0. The van der Waals surface area contributed by atoms with Crippen molar-refractivity contribution in [2.24, 2.45) is 0 Å². The molecule has 1 aliphatic rings. The molecule has 0 heteroatoms. The van der Waals surface area contributed by atoms with Crippen molar-refractivity contribution >= 4 is 0 Å². The zero-order valence-electron chi connectivity index (χ0n) is 50.3. The third-order valence-electron chi connectivity index (χ3n) is 18.5. The Hall–Kier alpha value is -11.7. The molecule has 15 aromatic rings. The predicted octanol–water partition coefficient (Wildman–Crippen LogP) is 24.4. The molecule has 0 N–H and O–H groups in total. The summed E-state index contributed by atoms with van der Waals surface area (Å²) in [5.41, 5.74) is 32.6. The maximum Gasteiger partial charge on any atom is 0.0714 e. The summed E-state index contributed by atoms with van der Waals surface area (Å²) < 4.78 is 0. The van der Waals surface area contributed by atoms with E-state index in [4.69, 9.17) is 0 Å². The van der Waals surface area contributed by atoms with E-state index in [2.05, 4.69) is 376 Å². The van der Waals surface area contributed by atoms with E-state index in [1.54, 1.807) is 0 Å². The summed E-state index contributed by atoms with van der Waals surface area (Å²) in [7, 11) is 0. The van der Waals surface area contributed by atoms with Crippen LogP contribution in [0.2, 0.25) is 0 Å². The van der Waals surface area contributed by atoms with E-state index in [1.165, 1.54) is 122 Å². The normalized spacial score (nSPS) is 12.0. The van der Waals surface area contributed by atoms with E-state index in [0.29, 0.717) is 0 Å². The van der Waals surface area contributed by atoms with Gasteiger partial charge in [-0.2, -0.15) is 0 Å². The number of rotatable bonds is 13. The molecule has 1 aliphatic carbocycles. The van der Waals surface area contributed by atoms with Crippen molar-refractivity contribution in [3.05, 3.63) is 398 Å². The highest BCUT2D eigenvalue weighted by atomic mass is 14.5. The van der Waals surface area contributed by atoms with Crippen LogP contribution >= 0.6 is 0 Å². The van der Waals surface area contributed by atoms with Gasteiger partial charge in [0.05, 0.1) is 5.41 Å². The van der Waals surface area contributed by atoms with Gasteiger partial charge in [0.15, 0.2) is 0 Å². The smallest absolute Gasteiger partial charge is 0.0622 e. The number of hydrogen-bond donors (Lipinski definition) is 0. The molecule has 0 bridgehead atoms. The Labute approximate surface area is 534 Å². The van der Waals surface area contributed by atoms with Gasteiger partial charge in [-0.15, -0.1) is 0 Å². The molecule has 426 valence electrons. The first-order valence-electron chi connectivity index (χ1n) is 31.5. The number of hydrogen-bond acceptors (Lipinski definition) is 0. The minimum Gasteiger partial charge on any atom is -0.0622 e. The SMILES string of the molecule is c1ccc(-c2cc(-c3ccccc3)cc(-c3cccc(-c4cccc(C5(c6cccc(-c7cccc(-c8cc(-c9ccccc9)cc(-c9ccccc9)c8)c7)c6)c6cc(-c7ccccc7)ccc6-c6c(-c7cccc(-c8ccccc8)c7)cccc65)c4)c3)c2)cc1. The van der Waals surface area contributed by atoms with Crippen molar-refractivity contribution in [3.8, 4) is 134 Å². The summed E-state index contributed by atoms with van der Waals surface area (Å²) in [6.07, 6.45) is 0.